The van der Waals surface area contributed by atoms with Crippen LogP contribution in [0.3, 0.4) is 0 Å². The molecule has 1 aromatic rings. The second-order valence-corrected chi connectivity index (χ2v) is 5.36. The summed E-state index contributed by atoms with van der Waals surface area (Å²) in [5.74, 6) is 0.558. The lowest BCUT2D eigenvalue weighted by Crippen LogP contribution is -2.39. The van der Waals surface area contributed by atoms with E-state index in [2.05, 4.69) is 26.0 Å². The van der Waals surface area contributed by atoms with Crippen molar-refractivity contribution in [3.8, 4) is 0 Å². The van der Waals surface area contributed by atoms with E-state index in [9.17, 15) is 4.79 Å². The Kier molecular flexibility index (Phi) is 4.38. The smallest absolute Gasteiger partial charge is 0.254 e. The lowest BCUT2D eigenvalue weighted by molar-refractivity contribution is 0.0720. The van der Waals surface area contributed by atoms with E-state index in [1.165, 1.54) is 5.56 Å². The van der Waals surface area contributed by atoms with Gasteiger partial charge in [0.15, 0.2) is 0 Å². The van der Waals surface area contributed by atoms with Gasteiger partial charge >= 0.3 is 0 Å². The first kappa shape index (κ1) is 13.8. The van der Waals surface area contributed by atoms with E-state index >= 15 is 0 Å². The fourth-order valence-corrected chi connectivity index (χ4v) is 2.49. The first-order chi connectivity index (χ1) is 9.13. The number of carbonyl (C=O) groups is 1. The largest absolute Gasteiger partial charge is 0.330 e. The molecular formula is C16H22N2O. The summed E-state index contributed by atoms with van der Waals surface area (Å²) in [6, 6.07) is 8.02. The fraction of sp³-hybridized carbons (Fsp3) is 0.438. The van der Waals surface area contributed by atoms with Crippen LogP contribution in [0.4, 0.5) is 0 Å². The number of rotatable bonds is 4. The lowest BCUT2D eigenvalue weighted by atomic mass is 10.0. The van der Waals surface area contributed by atoms with Gasteiger partial charge in [0.25, 0.3) is 5.91 Å². The Hall–Kier alpha value is -1.61. The molecule has 2 rings (SSSR count). The number of hydrogen-bond acceptors (Lipinski definition) is 2. The highest BCUT2D eigenvalue weighted by atomic mass is 16.2. The summed E-state index contributed by atoms with van der Waals surface area (Å²) in [6.45, 7) is 5.64. The van der Waals surface area contributed by atoms with Crippen molar-refractivity contribution >= 4 is 5.91 Å². The third-order valence-electron chi connectivity index (χ3n) is 3.57. The van der Waals surface area contributed by atoms with Gasteiger partial charge in [-0.05, 0) is 36.6 Å². The van der Waals surface area contributed by atoms with Gasteiger partial charge in [0.05, 0.1) is 6.04 Å². The Bertz CT molecular complexity index is 462. The predicted molar refractivity (Wildman–Crippen MR) is 78.0 cm³/mol. The number of amides is 1. The Balaban J connectivity index is 2.11. The Morgan fingerprint density at radius 2 is 2.05 bits per heavy atom. The van der Waals surface area contributed by atoms with E-state index in [0.717, 1.165) is 12.0 Å². The summed E-state index contributed by atoms with van der Waals surface area (Å²) in [7, 11) is 0. The molecule has 0 aliphatic carbocycles. The second-order valence-electron chi connectivity index (χ2n) is 5.36. The Morgan fingerprint density at radius 3 is 2.63 bits per heavy atom. The van der Waals surface area contributed by atoms with Gasteiger partial charge in [-0.2, -0.15) is 0 Å². The van der Waals surface area contributed by atoms with Gasteiger partial charge in [0, 0.05) is 12.1 Å². The van der Waals surface area contributed by atoms with Crippen LogP contribution >= 0.6 is 0 Å². The quantitative estimate of drug-likeness (QED) is 0.842. The van der Waals surface area contributed by atoms with Crippen LogP contribution in [0.25, 0.3) is 0 Å². The molecule has 3 nitrogen and oxygen atoms in total. The Morgan fingerprint density at radius 1 is 1.37 bits per heavy atom. The molecule has 1 aromatic carbocycles. The minimum Gasteiger partial charge on any atom is -0.330 e. The minimum absolute atomic E-state index is 0.114. The fourth-order valence-electron chi connectivity index (χ4n) is 2.49. The molecule has 0 aromatic heterocycles. The monoisotopic (exact) mass is 258 g/mol. The summed E-state index contributed by atoms with van der Waals surface area (Å²) >= 11 is 0. The molecule has 3 heteroatoms. The van der Waals surface area contributed by atoms with Crippen molar-refractivity contribution in [2.45, 2.75) is 26.3 Å². The maximum absolute atomic E-state index is 12.5. The van der Waals surface area contributed by atoms with Crippen LogP contribution in [0.1, 0.15) is 29.8 Å². The van der Waals surface area contributed by atoms with Crippen molar-refractivity contribution in [3.63, 3.8) is 0 Å². The van der Waals surface area contributed by atoms with Gasteiger partial charge in [-0.25, -0.2) is 0 Å². The first-order valence-electron chi connectivity index (χ1n) is 6.90. The van der Waals surface area contributed by atoms with Crippen LogP contribution in [-0.4, -0.2) is 29.9 Å². The number of hydrogen-bond donors (Lipinski definition) is 1. The number of nitrogens with two attached hydrogens (primary N) is 1. The molecule has 19 heavy (non-hydrogen) atoms. The van der Waals surface area contributed by atoms with Crippen molar-refractivity contribution in [2.75, 3.05) is 13.1 Å². The van der Waals surface area contributed by atoms with E-state index in [1.54, 1.807) is 0 Å². The van der Waals surface area contributed by atoms with Crippen molar-refractivity contribution in [1.29, 1.82) is 0 Å². The van der Waals surface area contributed by atoms with Crippen LogP contribution in [-0.2, 0) is 6.42 Å². The average molecular weight is 258 g/mol. The minimum atomic E-state index is 0.114. The molecule has 1 aliphatic rings. The zero-order chi connectivity index (χ0) is 13.8. The molecule has 0 saturated heterocycles. The van der Waals surface area contributed by atoms with E-state index in [-0.39, 0.29) is 11.9 Å². The van der Waals surface area contributed by atoms with Gasteiger partial charge in [0.2, 0.25) is 0 Å². The molecule has 1 unspecified atom stereocenters. The summed E-state index contributed by atoms with van der Waals surface area (Å²) in [6.07, 6.45) is 5.06. The normalized spacial score (nSPS) is 18.3. The van der Waals surface area contributed by atoms with Crippen LogP contribution in [0.5, 0.6) is 0 Å². The summed E-state index contributed by atoms with van der Waals surface area (Å²) in [5.41, 5.74) is 7.47. The highest BCUT2D eigenvalue weighted by molar-refractivity contribution is 5.95. The number of benzene rings is 1. The van der Waals surface area contributed by atoms with Gasteiger partial charge in [-0.1, -0.05) is 38.1 Å². The molecule has 0 fully saturated rings. The predicted octanol–water partition coefficient (Wildman–Crippen LogP) is 2.22. The molecule has 0 saturated carbocycles. The molecule has 0 spiro atoms. The summed E-state index contributed by atoms with van der Waals surface area (Å²) in [5, 5.41) is 0. The molecule has 1 heterocycles. The van der Waals surface area contributed by atoms with E-state index < -0.39 is 0 Å². The first-order valence-corrected chi connectivity index (χ1v) is 6.90. The molecule has 0 radical (unpaired) electrons. The van der Waals surface area contributed by atoms with E-state index in [4.69, 9.17) is 5.73 Å². The Labute approximate surface area is 115 Å². The average Bonchev–Trinajstić information content (AvgIpc) is 2.88. The van der Waals surface area contributed by atoms with E-state index in [1.807, 2.05) is 29.2 Å². The van der Waals surface area contributed by atoms with Crippen molar-refractivity contribution in [2.24, 2.45) is 11.7 Å². The SMILES string of the molecule is CC(C)C1C=CCN1C(=O)c1ccc(CCN)cc1. The highest BCUT2D eigenvalue weighted by Gasteiger charge is 2.27. The zero-order valence-electron chi connectivity index (χ0n) is 11.7. The van der Waals surface area contributed by atoms with Crippen molar-refractivity contribution in [3.05, 3.63) is 47.5 Å². The van der Waals surface area contributed by atoms with Crippen LogP contribution < -0.4 is 5.73 Å². The lowest BCUT2D eigenvalue weighted by Gasteiger charge is -2.27. The van der Waals surface area contributed by atoms with Gasteiger partial charge in [-0.15, -0.1) is 0 Å². The molecule has 1 amide bonds. The maximum Gasteiger partial charge on any atom is 0.254 e. The van der Waals surface area contributed by atoms with Crippen molar-refractivity contribution in [1.82, 2.24) is 4.90 Å². The van der Waals surface area contributed by atoms with Gasteiger partial charge in [-0.3, -0.25) is 4.79 Å². The highest BCUT2D eigenvalue weighted by Crippen LogP contribution is 2.20. The number of carbonyl (C=O) groups excluding carboxylic acids is 1. The van der Waals surface area contributed by atoms with Crippen LogP contribution in [0, 0.1) is 5.92 Å². The van der Waals surface area contributed by atoms with Crippen LogP contribution in [0.15, 0.2) is 36.4 Å². The maximum atomic E-state index is 12.5. The summed E-state index contributed by atoms with van der Waals surface area (Å²) in [4.78, 5) is 14.4. The third-order valence-corrected chi connectivity index (χ3v) is 3.57. The molecule has 2 N–H and O–H groups in total. The molecule has 0 bridgehead atoms. The van der Waals surface area contributed by atoms with Gasteiger partial charge < -0.3 is 10.6 Å². The third kappa shape index (κ3) is 3.04. The second kappa shape index (κ2) is 6.02. The number of nitrogens with zero attached hydrogens (tertiary/aromatic N) is 1. The topological polar surface area (TPSA) is 46.3 Å². The molecule has 1 atom stereocenters. The zero-order valence-corrected chi connectivity index (χ0v) is 11.7. The summed E-state index contributed by atoms with van der Waals surface area (Å²) < 4.78 is 0. The van der Waals surface area contributed by atoms with Gasteiger partial charge in [0.1, 0.15) is 0 Å². The standard InChI is InChI=1S/C16H22N2O/c1-12(2)15-4-3-11-18(15)16(19)14-7-5-13(6-8-14)9-10-17/h3-8,12,15H,9-11,17H2,1-2H3. The van der Waals surface area contributed by atoms with Crippen molar-refractivity contribution < 1.29 is 4.79 Å². The van der Waals surface area contributed by atoms with E-state index in [0.29, 0.717) is 19.0 Å². The molecular weight excluding hydrogens is 236 g/mol. The molecule has 102 valence electrons. The molecule has 1 aliphatic heterocycles. The van der Waals surface area contributed by atoms with Crippen LogP contribution in [0.2, 0.25) is 0 Å².